The molecule has 0 bridgehead atoms. The minimum absolute atomic E-state index is 0.361. The largest absolute Gasteiger partial charge is 0.497 e. The van der Waals surface area contributed by atoms with Gasteiger partial charge in [0.05, 0.1) is 7.11 Å². The molecule has 1 aliphatic carbocycles. The van der Waals surface area contributed by atoms with Gasteiger partial charge >= 0.3 is 0 Å². The molecule has 1 aromatic carbocycles. The lowest BCUT2D eigenvalue weighted by Crippen LogP contribution is -2.14. The molecule has 2 unspecified atom stereocenters. The lowest BCUT2D eigenvalue weighted by molar-refractivity contribution is 0.412. The first-order chi connectivity index (χ1) is 7.70. The average Bonchev–Trinajstić information content (AvgIpc) is 2.28. The van der Waals surface area contributed by atoms with Gasteiger partial charge in [-0.05, 0) is 55.4 Å². The molecule has 1 nitrogen and oxygen atoms in total. The van der Waals surface area contributed by atoms with Crippen LogP contribution < -0.4 is 4.74 Å². The smallest absolute Gasteiger partial charge is 0.119 e. The van der Waals surface area contributed by atoms with Crippen LogP contribution in [0.2, 0.25) is 0 Å². The molecule has 16 heavy (non-hydrogen) atoms. The maximum absolute atomic E-state index is 6.25. The first kappa shape index (κ1) is 11.8. The van der Waals surface area contributed by atoms with E-state index in [1.165, 1.54) is 30.4 Å². The molecular formula is C14H19ClO. The molecule has 1 fully saturated rings. The summed E-state index contributed by atoms with van der Waals surface area (Å²) >= 11 is 6.25. The number of rotatable bonds is 2. The molecule has 1 saturated carbocycles. The van der Waals surface area contributed by atoms with Crippen LogP contribution in [-0.2, 0) is 0 Å². The SMILES string of the molecule is COc1ccc(C2CCCC(Cl)C2)c(C)c1. The fourth-order valence-corrected chi connectivity index (χ4v) is 3.02. The van der Waals surface area contributed by atoms with E-state index in [1.54, 1.807) is 7.11 Å². The Hall–Kier alpha value is -0.690. The Labute approximate surface area is 103 Å². The van der Waals surface area contributed by atoms with Crippen LogP contribution in [0.25, 0.3) is 0 Å². The summed E-state index contributed by atoms with van der Waals surface area (Å²) < 4.78 is 5.23. The maximum atomic E-state index is 6.25. The van der Waals surface area contributed by atoms with Crippen LogP contribution in [0.1, 0.15) is 42.7 Å². The Morgan fingerprint density at radius 3 is 2.75 bits per heavy atom. The fourth-order valence-electron chi connectivity index (χ4n) is 2.65. The normalized spacial score (nSPS) is 25.4. The summed E-state index contributed by atoms with van der Waals surface area (Å²) in [6.07, 6.45) is 4.82. The first-order valence-corrected chi connectivity index (χ1v) is 6.43. The van der Waals surface area contributed by atoms with Crippen molar-refractivity contribution < 1.29 is 4.74 Å². The van der Waals surface area contributed by atoms with Gasteiger partial charge in [0.1, 0.15) is 5.75 Å². The van der Waals surface area contributed by atoms with Crippen LogP contribution in [0.3, 0.4) is 0 Å². The molecular weight excluding hydrogens is 220 g/mol. The number of halogens is 1. The Balaban J connectivity index is 2.19. The molecule has 0 N–H and O–H groups in total. The van der Waals surface area contributed by atoms with E-state index in [2.05, 4.69) is 25.1 Å². The Morgan fingerprint density at radius 1 is 1.31 bits per heavy atom. The highest BCUT2D eigenvalue weighted by molar-refractivity contribution is 6.20. The molecule has 2 heteroatoms. The summed E-state index contributed by atoms with van der Waals surface area (Å²) in [5, 5.41) is 0.361. The maximum Gasteiger partial charge on any atom is 0.119 e. The van der Waals surface area contributed by atoms with Gasteiger partial charge in [0.2, 0.25) is 0 Å². The molecule has 2 rings (SSSR count). The molecule has 1 aromatic rings. The van der Waals surface area contributed by atoms with Crippen molar-refractivity contribution in [3.05, 3.63) is 29.3 Å². The Kier molecular flexibility index (Phi) is 3.75. The molecule has 1 aliphatic rings. The van der Waals surface area contributed by atoms with Crippen molar-refractivity contribution in [1.29, 1.82) is 0 Å². The van der Waals surface area contributed by atoms with Crippen LogP contribution in [0, 0.1) is 6.92 Å². The quantitative estimate of drug-likeness (QED) is 0.700. The van der Waals surface area contributed by atoms with Gasteiger partial charge in [0, 0.05) is 5.38 Å². The van der Waals surface area contributed by atoms with E-state index in [-0.39, 0.29) is 0 Å². The van der Waals surface area contributed by atoms with E-state index < -0.39 is 0 Å². The summed E-state index contributed by atoms with van der Waals surface area (Å²) in [6.45, 7) is 2.16. The van der Waals surface area contributed by atoms with E-state index in [9.17, 15) is 0 Å². The monoisotopic (exact) mass is 238 g/mol. The van der Waals surface area contributed by atoms with Crippen LogP contribution >= 0.6 is 11.6 Å². The van der Waals surface area contributed by atoms with Crippen LogP contribution in [-0.4, -0.2) is 12.5 Å². The number of methoxy groups -OCH3 is 1. The lowest BCUT2D eigenvalue weighted by Gasteiger charge is -2.27. The van der Waals surface area contributed by atoms with Gasteiger partial charge in [-0.1, -0.05) is 12.5 Å². The van der Waals surface area contributed by atoms with Crippen molar-refractivity contribution in [1.82, 2.24) is 0 Å². The highest BCUT2D eigenvalue weighted by atomic mass is 35.5. The van der Waals surface area contributed by atoms with Gasteiger partial charge in [0.25, 0.3) is 0 Å². The summed E-state index contributed by atoms with van der Waals surface area (Å²) in [5.74, 6) is 1.58. The van der Waals surface area contributed by atoms with E-state index in [0.29, 0.717) is 11.3 Å². The highest BCUT2D eigenvalue weighted by Crippen LogP contribution is 2.37. The Morgan fingerprint density at radius 2 is 2.12 bits per heavy atom. The number of aryl methyl sites for hydroxylation is 1. The Bertz CT molecular complexity index is 362. The second-order valence-electron chi connectivity index (χ2n) is 4.68. The van der Waals surface area contributed by atoms with E-state index >= 15 is 0 Å². The number of benzene rings is 1. The molecule has 0 aromatic heterocycles. The van der Waals surface area contributed by atoms with E-state index in [0.717, 1.165) is 12.2 Å². The third-order valence-electron chi connectivity index (χ3n) is 3.53. The van der Waals surface area contributed by atoms with Crippen LogP contribution in [0.5, 0.6) is 5.75 Å². The minimum Gasteiger partial charge on any atom is -0.497 e. The second kappa shape index (κ2) is 5.09. The minimum atomic E-state index is 0.361. The van der Waals surface area contributed by atoms with Crippen LogP contribution in [0.4, 0.5) is 0 Å². The molecule has 0 spiro atoms. The zero-order chi connectivity index (χ0) is 11.5. The van der Waals surface area contributed by atoms with E-state index in [1.807, 2.05) is 0 Å². The third-order valence-corrected chi connectivity index (χ3v) is 3.92. The molecule has 0 aliphatic heterocycles. The molecule has 0 radical (unpaired) electrons. The third kappa shape index (κ3) is 2.52. The van der Waals surface area contributed by atoms with Gasteiger partial charge in [-0.25, -0.2) is 0 Å². The number of hydrogen-bond acceptors (Lipinski definition) is 1. The fraction of sp³-hybridized carbons (Fsp3) is 0.571. The standard InChI is InChI=1S/C14H19ClO/c1-10-8-13(16-2)6-7-14(10)11-4-3-5-12(15)9-11/h6-8,11-12H,3-5,9H2,1-2H3. The van der Waals surface area contributed by atoms with Gasteiger partial charge in [-0.15, -0.1) is 11.6 Å². The molecule has 0 saturated heterocycles. The number of hydrogen-bond donors (Lipinski definition) is 0. The van der Waals surface area contributed by atoms with Gasteiger partial charge < -0.3 is 4.74 Å². The highest BCUT2D eigenvalue weighted by Gasteiger charge is 2.22. The van der Waals surface area contributed by atoms with Crippen molar-refractivity contribution in [3.8, 4) is 5.75 Å². The summed E-state index contributed by atoms with van der Waals surface area (Å²) in [6, 6.07) is 6.38. The topological polar surface area (TPSA) is 9.23 Å². The van der Waals surface area contributed by atoms with Crippen molar-refractivity contribution >= 4 is 11.6 Å². The summed E-state index contributed by atoms with van der Waals surface area (Å²) in [5.41, 5.74) is 2.78. The lowest BCUT2D eigenvalue weighted by atomic mass is 9.82. The van der Waals surface area contributed by atoms with Crippen LogP contribution in [0.15, 0.2) is 18.2 Å². The predicted octanol–water partition coefficient (Wildman–Crippen LogP) is 4.27. The molecule has 88 valence electrons. The molecule has 0 amide bonds. The zero-order valence-electron chi connectivity index (χ0n) is 10.0. The number of alkyl halides is 1. The predicted molar refractivity (Wildman–Crippen MR) is 68.6 cm³/mol. The van der Waals surface area contributed by atoms with Gasteiger partial charge in [0.15, 0.2) is 0 Å². The van der Waals surface area contributed by atoms with E-state index in [4.69, 9.17) is 16.3 Å². The van der Waals surface area contributed by atoms with Gasteiger partial charge in [-0.3, -0.25) is 0 Å². The molecule has 2 atom stereocenters. The van der Waals surface area contributed by atoms with Crippen molar-refractivity contribution in [2.24, 2.45) is 0 Å². The molecule has 0 heterocycles. The summed E-state index contributed by atoms with van der Waals surface area (Å²) in [7, 11) is 1.71. The van der Waals surface area contributed by atoms with Crippen molar-refractivity contribution in [2.75, 3.05) is 7.11 Å². The first-order valence-electron chi connectivity index (χ1n) is 5.99. The van der Waals surface area contributed by atoms with Crippen molar-refractivity contribution in [2.45, 2.75) is 43.9 Å². The average molecular weight is 239 g/mol. The second-order valence-corrected chi connectivity index (χ2v) is 5.30. The van der Waals surface area contributed by atoms with Crippen molar-refractivity contribution in [3.63, 3.8) is 0 Å². The number of ether oxygens (including phenoxy) is 1. The summed E-state index contributed by atoms with van der Waals surface area (Å²) in [4.78, 5) is 0. The zero-order valence-corrected chi connectivity index (χ0v) is 10.8. The van der Waals surface area contributed by atoms with Gasteiger partial charge in [-0.2, -0.15) is 0 Å².